The summed E-state index contributed by atoms with van der Waals surface area (Å²) in [5.74, 6) is 0. The van der Waals surface area contributed by atoms with Crippen LogP contribution in [0, 0.1) is 0 Å². The molecule has 1 unspecified atom stereocenters. The molecule has 0 bridgehead atoms. The second-order valence-electron chi connectivity index (χ2n) is 3.47. The molecule has 0 saturated carbocycles. The van der Waals surface area contributed by atoms with Crippen LogP contribution in [0.3, 0.4) is 0 Å². The summed E-state index contributed by atoms with van der Waals surface area (Å²) in [7, 11) is 1.12. The zero-order valence-corrected chi connectivity index (χ0v) is 7.93. The average molecular weight is 174 g/mol. The maximum atomic E-state index is 2.29. The number of hydrogen-bond acceptors (Lipinski definition) is 0. The van der Waals surface area contributed by atoms with E-state index in [1.807, 2.05) is 0 Å². The molecule has 0 amide bonds. The highest BCUT2D eigenvalue weighted by molar-refractivity contribution is 7.44. The average Bonchev–Trinajstić information content (AvgIpc) is 2.62. The van der Waals surface area contributed by atoms with Gasteiger partial charge in [0, 0.05) is 0 Å². The van der Waals surface area contributed by atoms with Crippen LogP contribution in [-0.4, -0.2) is 6.16 Å². The molecule has 0 aromatic heterocycles. The van der Waals surface area contributed by atoms with Crippen molar-refractivity contribution in [2.75, 3.05) is 6.16 Å². The Kier molecular flexibility index (Phi) is 1.39. The molecule has 0 spiro atoms. The van der Waals surface area contributed by atoms with Gasteiger partial charge in [-0.1, -0.05) is 32.8 Å². The summed E-state index contributed by atoms with van der Waals surface area (Å²) in [5, 5.41) is 1.75. The quantitative estimate of drug-likeness (QED) is 0.530. The van der Waals surface area contributed by atoms with Gasteiger partial charge in [-0.2, -0.15) is 0 Å². The van der Waals surface area contributed by atoms with E-state index < -0.39 is 0 Å². The first-order valence-electron chi connectivity index (χ1n) is 4.49. The van der Waals surface area contributed by atoms with Crippen LogP contribution < -0.4 is 0 Å². The van der Waals surface area contributed by atoms with Gasteiger partial charge in [-0.3, -0.25) is 0 Å². The predicted octanol–water partition coefficient (Wildman–Crippen LogP) is 3.04. The SMILES string of the molecule is c1ccc2c(c1)CC1=C2CCP1. The van der Waals surface area contributed by atoms with Crippen LogP contribution in [0.1, 0.15) is 17.5 Å². The lowest BCUT2D eigenvalue weighted by molar-refractivity contribution is 1.26. The molecule has 3 rings (SSSR count). The highest BCUT2D eigenvalue weighted by Crippen LogP contribution is 2.49. The van der Waals surface area contributed by atoms with E-state index in [-0.39, 0.29) is 0 Å². The molecule has 12 heavy (non-hydrogen) atoms. The highest BCUT2D eigenvalue weighted by atomic mass is 31.1. The Hall–Kier alpha value is -0.610. The zero-order valence-electron chi connectivity index (χ0n) is 6.93. The van der Waals surface area contributed by atoms with Gasteiger partial charge in [-0.25, -0.2) is 0 Å². The third-order valence-corrected chi connectivity index (χ3v) is 4.19. The maximum Gasteiger partial charge on any atom is -0.00150 e. The molecule has 0 radical (unpaired) electrons. The first-order chi connectivity index (χ1) is 5.95. The van der Waals surface area contributed by atoms with Crippen LogP contribution in [0.5, 0.6) is 0 Å². The second kappa shape index (κ2) is 2.44. The smallest absolute Gasteiger partial charge is 0.00150 e. The Morgan fingerprint density at radius 3 is 3.08 bits per heavy atom. The van der Waals surface area contributed by atoms with Gasteiger partial charge >= 0.3 is 0 Å². The van der Waals surface area contributed by atoms with Crippen molar-refractivity contribution in [2.45, 2.75) is 12.8 Å². The molecule has 60 valence electrons. The Bertz CT molecular complexity index is 363. The van der Waals surface area contributed by atoms with Gasteiger partial charge in [0.05, 0.1) is 0 Å². The monoisotopic (exact) mass is 174 g/mol. The van der Waals surface area contributed by atoms with Crippen molar-refractivity contribution in [3.05, 3.63) is 40.7 Å². The topological polar surface area (TPSA) is 0 Å². The second-order valence-corrected chi connectivity index (χ2v) is 4.92. The van der Waals surface area contributed by atoms with Crippen molar-refractivity contribution in [3.63, 3.8) is 0 Å². The van der Waals surface area contributed by atoms with Gasteiger partial charge in [0.1, 0.15) is 0 Å². The summed E-state index contributed by atoms with van der Waals surface area (Å²) in [5.41, 5.74) is 4.80. The van der Waals surface area contributed by atoms with Crippen molar-refractivity contribution in [3.8, 4) is 0 Å². The Balaban J connectivity index is 2.18. The van der Waals surface area contributed by atoms with Crippen LogP contribution in [-0.2, 0) is 6.42 Å². The fourth-order valence-corrected chi connectivity index (χ4v) is 3.69. The van der Waals surface area contributed by atoms with E-state index in [1.54, 1.807) is 22.0 Å². The molecule has 0 nitrogen and oxygen atoms in total. The van der Waals surface area contributed by atoms with Crippen LogP contribution >= 0.6 is 8.58 Å². The van der Waals surface area contributed by atoms with Crippen LogP contribution in [0.25, 0.3) is 5.57 Å². The summed E-state index contributed by atoms with van der Waals surface area (Å²) >= 11 is 0. The van der Waals surface area contributed by atoms with Gasteiger partial charge in [-0.15, -0.1) is 0 Å². The first-order valence-corrected chi connectivity index (χ1v) is 5.70. The standard InChI is InChI=1S/C11H11P/c1-2-4-9-8(3-1)7-11-10(9)5-6-12-11/h1-4,12H,5-7H2. The van der Waals surface area contributed by atoms with E-state index in [1.165, 1.54) is 19.0 Å². The number of allylic oxidation sites excluding steroid dienone is 2. The molecule has 0 saturated heterocycles. The Labute approximate surface area is 74.5 Å². The lowest BCUT2D eigenvalue weighted by atomic mass is 10.0. The molecule has 1 aliphatic carbocycles. The van der Waals surface area contributed by atoms with Gasteiger partial charge in [0.15, 0.2) is 0 Å². The van der Waals surface area contributed by atoms with Crippen molar-refractivity contribution >= 4 is 14.2 Å². The molecule has 0 N–H and O–H groups in total. The summed E-state index contributed by atoms with van der Waals surface area (Å²) in [6.07, 6.45) is 4.01. The Morgan fingerprint density at radius 2 is 2.08 bits per heavy atom. The fraction of sp³-hybridized carbons (Fsp3) is 0.273. The van der Waals surface area contributed by atoms with Gasteiger partial charge < -0.3 is 0 Å². The van der Waals surface area contributed by atoms with E-state index in [4.69, 9.17) is 0 Å². The summed E-state index contributed by atoms with van der Waals surface area (Å²) in [6, 6.07) is 8.88. The van der Waals surface area contributed by atoms with Crippen LogP contribution in [0.2, 0.25) is 0 Å². The van der Waals surface area contributed by atoms with Crippen molar-refractivity contribution in [1.82, 2.24) is 0 Å². The van der Waals surface area contributed by atoms with E-state index in [0.717, 1.165) is 8.58 Å². The number of rotatable bonds is 0. The molecule has 1 heteroatoms. The number of benzene rings is 1. The minimum Gasteiger partial charge on any atom is -0.0938 e. The summed E-state index contributed by atoms with van der Waals surface area (Å²) in [4.78, 5) is 0. The molecule has 1 heterocycles. The molecule has 1 aromatic rings. The minimum atomic E-state index is 1.12. The van der Waals surface area contributed by atoms with E-state index in [2.05, 4.69) is 24.3 Å². The predicted molar refractivity (Wildman–Crippen MR) is 54.9 cm³/mol. The van der Waals surface area contributed by atoms with Gasteiger partial charge in [0.2, 0.25) is 0 Å². The Morgan fingerprint density at radius 1 is 1.17 bits per heavy atom. The lowest BCUT2D eigenvalue weighted by Crippen LogP contribution is -1.84. The third kappa shape index (κ3) is 0.820. The van der Waals surface area contributed by atoms with Gasteiger partial charge in [0.25, 0.3) is 0 Å². The normalized spacial score (nSPS) is 21.7. The summed E-state index contributed by atoms with van der Waals surface area (Å²) in [6.45, 7) is 0. The van der Waals surface area contributed by atoms with E-state index >= 15 is 0 Å². The molecule has 2 aliphatic rings. The van der Waals surface area contributed by atoms with Crippen LogP contribution in [0.4, 0.5) is 0 Å². The minimum absolute atomic E-state index is 1.12. The zero-order chi connectivity index (χ0) is 7.97. The van der Waals surface area contributed by atoms with Crippen molar-refractivity contribution in [1.29, 1.82) is 0 Å². The van der Waals surface area contributed by atoms with Crippen molar-refractivity contribution in [2.24, 2.45) is 0 Å². The largest absolute Gasteiger partial charge is 0.0938 e. The molecular weight excluding hydrogens is 163 g/mol. The first kappa shape index (κ1) is 6.86. The fourth-order valence-electron chi connectivity index (χ4n) is 2.22. The highest BCUT2D eigenvalue weighted by Gasteiger charge is 2.23. The lowest BCUT2D eigenvalue weighted by Gasteiger charge is -2.01. The van der Waals surface area contributed by atoms with Crippen molar-refractivity contribution < 1.29 is 0 Å². The third-order valence-electron chi connectivity index (χ3n) is 2.79. The maximum absolute atomic E-state index is 2.29. The van der Waals surface area contributed by atoms with E-state index in [9.17, 15) is 0 Å². The molecular formula is C11H11P. The van der Waals surface area contributed by atoms with Crippen LogP contribution in [0.15, 0.2) is 29.6 Å². The molecule has 0 fully saturated rings. The molecule has 1 aliphatic heterocycles. The van der Waals surface area contributed by atoms with E-state index in [0.29, 0.717) is 0 Å². The van der Waals surface area contributed by atoms with Gasteiger partial charge in [-0.05, 0) is 41.0 Å². The summed E-state index contributed by atoms with van der Waals surface area (Å²) < 4.78 is 0. The number of hydrogen-bond donors (Lipinski definition) is 0. The molecule has 1 atom stereocenters. The number of fused-ring (bicyclic) bond motifs is 2. The molecule has 1 aromatic carbocycles.